The van der Waals surface area contributed by atoms with Crippen LogP contribution in [0.1, 0.15) is 16.8 Å². The van der Waals surface area contributed by atoms with Gasteiger partial charge < -0.3 is 4.90 Å². The second kappa shape index (κ2) is 6.47. The Morgan fingerprint density at radius 3 is 2.88 bits per heavy atom. The van der Waals surface area contributed by atoms with Gasteiger partial charge in [0.2, 0.25) is 0 Å². The third-order valence-corrected chi connectivity index (χ3v) is 4.68. The quantitative estimate of drug-likeness (QED) is 0.734. The van der Waals surface area contributed by atoms with E-state index >= 15 is 0 Å². The summed E-state index contributed by atoms with van der Waals surface area (Å²) in [4.78, 5) is 35.3. The molecule has 3 heterocycles. The van der Waals surface area contributed by atoms with Crippen molar-refractivity contribution in [1.82, 2.24) is 19.4 Å². The Balaban J connectivity index is 1.49. The van der Waals surface area contributed by atoms with Gasteiger partial charge in [0.05, 0.1) is 23.4 Å². The Morgan fingerprint density at radius 2 is 2.04 bits per heavy atom. The number of hydrogen-bond donors (Lipinski definition) is 0. The Bertz CT molecular complexity index is 968. The molecule has 0 aliphatic carbocycles. The van der Waals surface area contributed by atoms with E-state index in [1.54, 1.807) is 29.4 Å². The minimum Gasteiger partial charge on any atom is -0.338 e. The second-order valence-corrected chi connectivity index (χ2v) is 6.37. The molecule has 0 N–H and O–H groups in total. The average molecular weight is 334 g/mol. The van der Waals surface area contributed by atoms with E-state index in [9.17, 15) is 9.59 Å². The highest BCUT2D eigenvalue weighted by molar-refractivity contribution is 5.94. The van der Waals surface area contributed by atoms with Crippen LogP contribution in [0.4, 0.5) is 0 Å². The highest BCUT2D eigenvalue weighted by Gasteiger charge is 2.27. The first kappa shape index (κ1) is 15.5. The van der Waals surface area contributed by atoms with E-state index in [-0.39, 0.29) is 17.4 Å². The Hall–Kier alpha value is -3.02. The van der Waals surface area contributed by atoms with Gasteiger partial charge in [0, 0.05) is 31.4 Å². The molecule has 1 aromatic carbocycles. The van der Waals surface area contributed by atoms with Gasteiger partial charge in [-0.05, 0) is 30.5 Å². The van der Waals surface area contributed by atoms with Gasteiger partial charge in [-0.15, -0.1) is 0 Å². The van der Waals surface area contributed by atoms with Crippen LogP contribution < -0.4 is 5.56 Å². The van der Waals surface area contributed by atoms with Crippen LogP contribution in [0.5, 0.6) is 0 Å². The number of rotatable bonds is 3. The maximum atomic E-state index is 12.6. The van der Waals surface area contributed by atoms with Crippen molar-refractivity contribution in [3.05, 3.63) is 71.0 Å². The predicted molar refractivity (Wildman–Crippen MR) is 94.3 cm³/mol. The summed E-state index contributed by atoms with van der Waals surface area (Å²) < 4.78 is 1.64. The molecular formula is C19H18N4O2. The summed E-state index contributed by atoms with van der Waals surface area (Å²) in [6, 6.07) is 11.0. The number of benzene rings is 1. The molecule has 1 atom stereocenters. The minimum atomic E-state index is -0.0553. The van der Waals surface area contributed by atoms with Gasteiger partial charge >= 0.3 is 0 Å². The van der Waals surface area contributed by atoms with Crippen molar-refractivity contribution in [2.24, 2.45) is 5.92 Å². The normalized spacial score (nSPS) is 17.1. The van der Waals surface area contributed by atoms with E-state index in [0.717, 1.165) is 13.0 Å². The van der Waals surface area contributed by atoms with E-state index in [2.05, 4.69) is 9.97 Å². The zero-order valence-electron chi connectivity index (χ0n) is 13.7. The van der Waals surface area contributed by atoms with E-state index in [1.165, 1.54) is 0 Å². The number of carbonyl (C=O) groups is 1. The monoisotopic (exact) mass is 334 g/mol. The summed E-state index contributed by atoms with van der Waals surface area (Å²) in [6.07, 6.45) is 5.66. The molecule has 1 aliphatic heterocycles. The average Bonchev–Trinajstić information content (AvgIpc) is 3.13. The molecule has 0 bridgehead atoms. The van der Waals surface area contributed by atoms with Crippen molar-refractivity contribution in [1.29, 1.82) is 0 Å². The third kappa shape index (κ3) is 3.03. The molecule has 0 radical (unpaired) electrons. The maximum Gasteiger partial charge on any atom is 0.261 e. The topological polar surface area (TPSA) is 68.1 Å². The van der Waals surface area contributed by atoms with Crippen LogP contribution in [0, 0.1) is 5.92 Å². The highest BCUT2D eigenvalue weighted by atomic mass is 16.2. The first-order valence-corrected chi connectivity index (χ1v) is 8.36. The molecule has 3 aromatic rings. The predicted octanol–water partition coefficient (Wildman–Crippen LogP) is 1.95. The van der Waals surface area contributed by atoms with Crippen LogP contribution in [-0.4, -0.2) is 38.4 Å². The van der Waals surface area contributed by atoms with E-state index in [1.807, 2.05) is 35.2 Å². The SMILES string of the molecule is O=C(c1ccccc1)N1CC[C@@H](Cn2cnc3cnccc3c2=O)C1. The van der Waals surface area contributed by atoms with Crippen molar-refractivity contribution in [2.75, 3.05) is 13.1 Å². The molecule has 0 spiro atoms. The summed E-state index contributed by atoms with van der Waals surface area (Å²) in [5.41, 5.74) is 1.26. The largest absolute Gasteiger partial charge is 0.338 e. The zero-order valence-corrected chi connectivity index (χ0v) is 13.7. The fourth-order valence-corrected chi connectivity index (χ4v) is 3.35. The van der Waals surface area contributed by atoms with Gasteiger partial charge in [0.1, 0.15) is 0 Å². The van der Waals surface area contributed by atoms with Crippen LogP contribution in [0.15, 0.2) is 59.9 Å². The zero-order chi connectivity index (χ0) is 17.2. The van der Waals surface area contributed by atoms with Crippen molar-refractivity contribution in [3.63, 3.8) is 0 Å². The molecule has 2 aromatic heterocycles. The number of aromatic nitrogens is 3. The van der Waals surface area contributed by atoms with Crippen LogP contribution in [0.25, 0.3) is 10.9 Å². The van der Waals surface area contributed by atoms with Gasteiger partial charge in [0.15, 0.2) is 0 Å². The molecule has 1 fully saturated rings. The lowest BCUT2D eigenvalue weighted by molar-refractivity contribution is 0.0786. The second-order valence-electron chi connectivity index (χ2n) is 6.37. The maximum absolute atomic E-state index is 12.6. The lowest BCUT2D eigenvalue weighted by atomic mass is 10.1. The molecule has 126 valence electrons. The summed E-state index contributed by atoms with van der Waals surface area (Å²) >= 11 is 0. The molecule has 4 rings (SSSR count). The van der Waals surface area contributed by atoms with Gasteiger partial charge in [-0.1, -0.05) is 18.2 Å². The smallest absolute Gasteiger partial charge is 0.261 e. The molecule has 0 saturated carbocycles. The molecular weight excluding hydrogens is 316 g/mol. The number of carbonyl (C=O) groups excluding carboxylic acids is 1. The summed E-state index contributed by atoms with van der Waals surface area (Å²) in [7, 11) is 0. The van der Waals surface area contributed by atoms with E-state index in [4.69, 9.17) is 0 Å². The highest BCUT2D eigenvalue weighted by Crippen LogP contribution is 2.20. The molecule has 6 heteroatoms. The van der Waals surface area contributed by atoms with Crippen LogP contribution >= 0.6 is 0 Å². The number of nitrogens with zero attached hydrogens (tertiary/aromatic N) is 4. The van der Waals surface area contributed by atoms with Crippen LogP contribution in [-0.2, 0) is 6.54 Å². The van der Waals surface area contributed by atoms with Crippen LogP contribution in [0.3, 0.4) is 0 Å². The van der Waals surface area contributed by atoms with Gasteiger partial charge in [-0.25, -0.2) is 4.98 Å². The summed E-state index contributed by atoms with van der Waals surface area (Å²) in [5, 5.41) is 0.577. The molecule has 6 nitrogen and oxygen atoms in total. The van der Waals surface area contributed by atoms with Gasteiger partial charge in [-0.3, -0.25) is 19.1 Å². The van der Waals surface area contributed by atoms with Gasteiger partial charge in [0.25, 0.3) is 11.5 Å². The molecule has 0 unspecified atom stereocenters. The number of hydrogen-bond acceptors (Lipinski definition) is 4. The van der Waals surface area contributed by atoms with Crippen molar-refractivity contribution in [2.45, 2.75) is 13.0 Å². The molecule has 1 saturated heterocycles. The lowest BCUT2D eigenvalue weighted by Crippen LogP contribution is -2.30. The molecule has 1 amide bonds. The molecule has 25 heavy (non-hydrogen) atoms. The Labute approximate surface area is 144 Å². The van der Waals surface area contributed by atoms with Crippen molar-refractivity contribution < 1.29 is 4.79 Å². The van der Waals surface area contributed by atoms with Crippen molar-refractivity contribution in [3.8, 4) is 0 Å². The molecule has 1 aliphatic rings. The third-order valence-electron chi connectivity index (χ3n) is 4.68. The lowest BCUT2D eigenvalue weighted by Gasteiger charge is -2.17. The first-order chi connectivity index (χ1) is 12.2. The first-order valence-electron chi connectivity index (χ1n) is 8.36. The fraction of sp³-hybridized carbons (Fsp3) is 0.263. The minimum absolute atomic E-state index is 0.0538. The van der Waals surface area contributed by atoms with Crippen molar-refractivity contribution >= 4 is 16.8 Å². The Morgan fingerprint density at radius 1 is 1.20 bits per heavy atom. The van der Waals surface area contributed by atoms with E-state index in [0.29, 0.717) is 29.6 Å². The number of fused-ring (bicyclic) bond motifs is 1. The standard InChI is InChI=1S/C19H18N4O2/c24-18(15-4-2-1-3-5-15)22-9-7-14(11-22)12-23-13-21-17-10-20-8-6-16(17)19(23)25/h1-6,8,10,13-14H,7,9,11-12H2/t14-/m1/s1. The number of pyridine rings is 1. The number of amides is 1. The van der Waals surface area contributed by atoms with Crippen LogP contribution in [0.2, 0.25) is 0 Å². The summed E-state index contributed by atoms with van der Waals surface area (Å²) in [6.45, 7) is 1.95. The summed E-state index contributed by atoms with van der Waals surface area (Å²) in [5.74, 6) is 0.310. The van der Waals surface area contributed by atoms with E-state index < -0.39 is 0 Å². The fourth-order valence-electron chi connectivity index (χ4n) is 3.35. The van der Waals surface area contributed by atoms with Gasteiger partial charge in [-0.2, -0.15) is 0 Å². The number of likely N-dealkylation sites (tertiary alicyclic amines) is 1. The Kier molecular flexibility index (Phi) is 4.01.